The maximum atomic E-state index is 5.44. The van der Waals surface area contributed by atoms with Crippen LogP contribution in [0.1, 0.15) is 22.3 Å². The van der Waals surface area contributed by atoms with Gasteiger partial charge in [0.15, 0.2) is 0 Å². The first kappa shape index (κ1) is 39.7. The highest BCUT2D eigenvalue weighted by molar-refractivity contribution is 7.26. The number of thiophene rings is 1. The van der Waals surface area contributed by atoms with E-state index in [0.717, 1.165) is 27.8 Å². The van der Waals surface area contributed by atoms with Crippen LogP contribution in [0.5, 0.6) is 0 Å². The molecule has 0 atom stereocenters. The summed E-state index contributed by atoms with van der Waals surface area (Å²) >= 11 is 1.89. The van der Waals surface area contributed by atoms with E-state index in [0.29, 0.717) is 0 Å². The second-order valence-electron chi connectivity index (χ2n) is 19.3. The lowest BCUT2D eigenvalue weighted by atomic mass is 9.64. The van der Waals surface area contributed by atoms with Gasteiger partial charge in [-0.1, -0.05) is 182 Å². The van der Waals surface area contributed by atoms with Crippen LogP contribution in [0, 0.1) is 0 Å². The van der Waals surface area contributed by atoms with Crippen LogP contribution in [0.4, 0.5) is 17.1 Å². The fraction of sp³-hybridized carbons (Fsp3) is 0.0147. The molecule has 14 aromatic rings. The molecule has 1 aliphatic carbocycles. The van der Waals surface area contributed by atoms with Crippen LogP contribution < -0.4 is 4.90 Å². The Morgan fingerprint density at radius 2 is 0.958 bits per heavy atom. The van der Waals surface area contributed by atoms with Crippen molar-refractivity contribution in [2.45, 2.75) is 5.41 Å². The van der Waals surface area contributed by atoms with Crippen LogP contribution in [0.2, 0.25) is 0 Å². The fourth-order valence-electron chi connectivity index (χ4n) is 12.8. The molecule has 334 valence electrons. The second-order valence-corrected chi connectivity index (χ2v) is 20.4. The molecular formula is C68H41N3S. The lowest BCUT2D eigenvalue weighted by Gasteiger charge is -2.45. The second kappa shape index (κ2) is 15.0. The van der Waals surface area contributed by atoms with Crippen LogP contribution in [0.25, 0.3) is 103 Å². The zero-order valence-electron chi connectivity index (χ0n) is 38.9. The molecular weight excluding hydrogens is 891 g/mol. The van der Waals surface area contributed by atoms with E-state index in [9.17, 15) is 0 Å². The van der Waals surface area contributed by atoms with Gasteiger partial charge >= 0.3 is 0 Å². The number of para-hydroxylation sites is 5. The Morgan fingerprint density at radius 3 is 1.76 bits per heavy atom. The Hall–Kier alpha value is -9.09. The molecule has 4 heteroatoms. The highest BCUT2D eigenvalue weighted by Crippen LogP contribution is 2.64. The third-order valence-corrected chi connectivity index (χ3v) is 16.9. The Labute approximate surface area is 419 Å². The minimum Gasteiger partial charge on any atom is -0.310 e. The Kier molecular flexibility index (Phi) is 8.25. The molecule has 0 amide bonds. The number of benzene rings is 11. The third kappa shape index (κ3) is 5.31. The molecule has 4 heterocycles. The van der Waals surface area contributed by atoms with Gasteiger partial charge in [0.1, 0.15) is 0 Å². The smallest absolute Gasteiger partial charge is 0.0789 e. The molecule has 0 fully saturated rings. The van der Waals surface area contributed by atoms with Gasteiger partial charge in [-0.25, -0.2) is 4.98 Å². The quantitative estimate of drug-likeness (QED) is 0.164. The van der Waals surface area contributed by atoms with E-state index in [1.165, 1.54) is 114 Å². The third-order valence-electron chi connectivity index (χ3n) is 15.7. The highest BCUT2D eigenvalue weighted by Gasteiger charge is 2.51. The maximum absolute atomic E-state index is 5.44. The van der Waals surface area contributed by atoms with Crippen molar-refractivity contribution in [2.75, 3.05) is 4.90 Å². The normalized spacial score (nSPS) is 13.4. The van der Waals surface area contributed by atoms with Gasteiger partial charge in [-0.3, -0.25) is 0 Å². The average molecular weight is 932 g/mol. The maximum Gasteiger partial charge on any atom is 0.0789 e. The SMILES string of the molecule is c1ccc(-c2nc3ccccc3c3c2cc(-n2c4ccccc4c4cc(-c5ccc6c(c5)C5(c7ccccc7-6)c6ccccc6N(c6ccccc6)c6ccccc65)ccc42)c2sc4ccccc4c23)cc1. The molecule has 0 N–H and O–H groups in total. The molecule has 0 bridgehead atoms. The largest absolute Gasteiger partial charge is 0.310 e. The lowest BCUT2D eigenvalue weighted by molar-refractivity contribution is 0.753. The van der Waals surface area contributed by atoms with Crippen molar-refractivity contribution in [1.82, 2.24) is 9.55 Å². The molecule has 0 unspecified atom stereocenters. The molecule has 3 nitrogen and oxygen atoms in total. The number of hydrogen-bond donors (Lipinski definition) is 0. The summed E-state index contributed by atoms with van der Waals surface area (Å²) in [6.45, 7) is 0. The zero-order chi connectivity index (χ0) is 47.1. The van der Waals surface area contributed by atoms with Crippen molar-refractivity contribution >= 4 is 92.1 Å². The number of hydrogen-bond acceptors (Lipinski definition) is 3. The zero-order valence-corrected chi connectivity index (χ0v) is 39.7. The van der Waals surface area contributed by atoms with Crippen molar-refractivity contribution in [3.8, 4) is 39.2 Å². The number of anilines is 3. The lowest BCUT2D eigenvalue weighted by Crippen LogP contribution is -2.36. The molecule has 0 saturated carbocycles. The number of nitrogens with zero attached hydrogens (tertiary/aromatic N) is 3. The average Bonchev–Trinajstić information content (AvgIpc) is 4.10. The van der Waals surface area contributed by atoms with E-state index in [1.54, 1.807) is 0 Å². The van der Waals surface area contributed by atoms with Crippen LogP contribution in [0.15, 0.2) is 249 Å². The van der Waals surface area contributed by atoms with Crippen molar-refractivity contribution in [3.63, 3.8) is 0 Å². The molecule has 0 radical (unpaired) electrons. The van der Waals surface area contributed by atoms with Gasteiger partial charge in [-0.05, 0) is 111 Å². The molecule has 11 aromatic carbocycles. The first-order chi connectivity index (χ1) is 35.7. The van der Waals surface area contributed by atoms with Gasteiger partial charge in [0.05, 0.1) is 49.4 Å². The number of fused-ring (bicyclic) bond motifs is 19. The van der Waals surface area contributed by atoms with Gasteiger partial charge in [-0.15, -0.1) is 11.3 Å². The Morgan fingerprint density at radius 1 is 0.361 bits per heavy atom. The van der Waals surface area contributed by atoms with Gasteiger partial charge in [-0.2, -0.15) is 0 Å². The predicted octanol–water partition coefficient (Wildman–Crippen LogP) is 18.3. The van der Waals surface area contributed by atoms with Crippen LogP contribution in [-0.2, 0) is 5.41 Å². The summed E-state index contributed by atoms with van der Waals surface area (Å²) in [5, 5.41) is 8.59. The Bertz CT molecular complexity index is 4540. The molecule has 3 aromatic heterocycles. The molecule has 16 rings (SSSR count). The molecule has 2 aliphatic rings. The summed E-state index contributed by atoms with van der Waals surface area (Å²) in [5.74, 6) is 0. The summed E-state index contributed by atoms with van der Waals surface area (Å²) in [6, 6.07) is 92.1. The summed E-state index contributed by atoms with van der Waals surface area (Å²) in [6.07, 6.45) is 0. The topological polar surface area (TPSA) is 21.1 Å². The highest BCUT2D eigenvalue weighted by atomic mass is 32.1. The van der Waals surface area contributed by atoms with E-state index >= 15 is 0 Å². The van der Waals surface area contributed by atoms with E-state index in [2.05, 4.69) is 258 Å². The fourth-order valence-corrected chi connectivity index (χ4v) is 14.1. The minimum atomic E-state index is -0.537. The summed E-state index contributed by atoms with van der Waals surface area (Å²) in [5.41, 5.74) is 19.8. The number of rotatable bonds is 4. The van der Waals surface area contributed by atoms with Crippen molar-refractivity contribution in [3.05, 3.63) is 271 Å². The van der Waals surface area contributed by atoms with Gasteiger partial charge in [0.25, 0.3) is 0 Å². The minimum absolute atomic E-state index is 0.537. The summed E-state index contributed by atoms with van der Waals surface area (Å²) in [4.78, 5) is 7.89. The molecule has 1 spiro atoms. The molecule has 72 heavy (non-hydrogen) atoms. The standard InChI is InChI=1S/C68H41N3S/c1-3-19-42(20-4-1)66-52-41-62(67-65(50-26-10-18-34-63(50)72-67)64(52)49-25-8-14-30-57(49)69-66)71-58-31-15-9-24-48(58)51-39-43(36-38-59(51)71)44-35-37-47-46-23-7-11-27-53(46)68(56(47)40-44)54-28-12-16-32-60(54)70(45-21-5-2-6-22-45)61-33-17-13-29-55(61)68/h1-41H. The summed E-state index contributed by atoms with van der Waals surface area (Å²) < 4.78 is 5.07. The van der Waals surface area contributed by atoms with E-state index in [4.69, 9.17) is 4.98 Å². The monoisotopic (exact) mass is 931 g/mol. The van der Waals surface area contributed by atoms with Crippen molar-refractivity contribution < 1.29 is 0 Å². The summed E-state index contributed by atoms with van der Waals surface area (Å²) in [7, 11) is 0. The van der Waals surface area contributed by atoms with Crippen molar-refractivity contribution in [1.29, 1.82) is 0 Å². The predicted molar refractivity (Wildman–Crippen MR) is 303 cm³/mol. The van der Waals surface area contributed by atoms with Crippen LogP contribution >= 0.6 is 11.3 Å². The van der Waals surface area contributed by atoms with Crippen LogP contribution in [-0.4, -0.2) is 9.55 Å². The van der Waals surface area contributed by atoms with E-state index in [-0.39, 0.29) is 0 Å². The van der Waals surface area contributed by atoms with E-state index < -0.39 is 5.41 Å². The van der Waals surface area contributed by atoms with Crippen molar-refractivity contribution in [2.24, 2.45) is 0 Å². The van der Waals surface area contributed by atoms with Gasteiger partial charge in [0.2, 0.25) is 0 Å². The molecule has 1 aliphatic heterocycles. The van der Waals surface area contributed by atoms with E-state index in [1.807, 2.05) is 11.3 Å². The number of pyridine rings is 1. The first-order valence-electron chi connectivity index (χ1n) is 24.8. The molecule has 0 saturated heterocycles. The van der Waals surface area contributed by atoms with Crippen LogP contribution in [0.3, 0.4) is 0 Å². The van der Waals surface area contributed by atoms with Gasteiger partial charge < -0.3 is 9.47 Å². The number of aromatic nitrogens is 2. The first-order valence-corrected chi connectivity index (χ1v) is 25.6. The Balaban J connectivity index is 0.945. The van der Waals surface area contributed by atoms with Gasteiger partial charge in [0, 0.05) is 53.7 Å².